The zero-order valence-electron chi connectivity index (χ0n) is 13.4. The molecule has 0 aliphatic carbocycles. The zero-order chi connectivity index (χ0) is 16.2. The van der Waals surface area contributed by atoms with Gasteiger partial charge in [-0.25, -0.2) is 0 Å². The molecular formula is C19H22N2OS. The van der Waals surface area contributed by atoms with Crippen LogP contribution in [0.1, 0.15) is 27.6 Å². The van der Waals surface area contributed by atoms with Crippen LogP contribution in [0.2, 0.25) is 0 Å². The van der Waals surface area contributed by atoms with E-state index in [2.05, 4.69) is 54.5 Å². The van der Waals surface area contributed by atoms with E-state index in [-0.39, 0.29) is 11.9 Å². The van der Waals surface area contributed by atoms with Crippen LogP contribution in [0.3, 0.4) is 0 Å². The first-order valence-electron chi connectivity index (χ1n) is 7.94. The van der Waals surface area contributed by atoms with Gasteiger partial charge in [0.05, 0.1) is 12.6 Å². The number of hydrogen-bond donors (Lipinski definition) is 1. The van der Waals surface area contributed by atoms with Crippen LogP contribution in [0.4, 0.5) is 0 Å². The van der Waals surface area contributed by atoms with Crippen LogP contribution < -0.4 is 5.32 Å². The van der Waals surface area contributed by atoms with Crippen LogP contribution in [0.25, 0.3) is 0 Å². The molecule has 2 aromatic rings. The Morgan fingerprint density at radius 3 is 2.91 bits per heavy atom. The molecule has 1 aromatic heterocycles. The van der Waals surface area contributed by atoms with E-state index in [4.69, 9.17) is 0 Å². The Morgan fingerprint density at radius 2 is 2.17 bits per heavy atom. The van der Waals surface area contributed by atoms with E-state index in [0.717, 1.165) is 13.0 Å². The molecular weight excluding hydrogens is 304 g/mol. The maximum Gasteiger partial charge on any atom is 0.237 e. The summed E-state index contributed by atoms with van der Waals surface area (Å²) >= 11 is 1.80. The largest absolute Gasteiger partial charge is 0.330 e. The van der Waals surface area contributed by atoms with Crippen LogP contribution >= 0.6 is 11.3 Å². The van der Waals surface area contributed by atoms with Gasteiger partial charge in [-0.1, -0.05) is 35.9 Å². The lowest BCUT2D eigenvalue weighted by Crippen LogP contribution is -2.44. The first-order valence-corrected chi connectivity index (χ1v) is 8.82. The SMILES string of the molecule is C=CCNCC(=O)N1CCc2sccc2[C@@H]1c1ccc(C)cc1. The molecule has 1 aromatic carbocycles. The normalized spacial score (nSPS) is 16.9. The number of carbonyl (C=O) groups is 1. The minimum atomic E-state index is 0.0311. The van der Waals surface area contributed by atoms with E-state index in [1.807, 2.05) is 4.90 Å². The number of thiophene rings is 1. The van der Waals surface area contributed by atoms with Crippen molar-refractivity contribution < 1.29 is 4.79 Å². The number of benzene rings is 1. The minimum absolute atomic E-state index is 0.0311. The molecule has 23 heavy (non-hydrogen) atoms. The van der Waals surface area contributed by atoms with Gasteiger partial charge in [0.1, 0.15) is 0 Å². The van der Waals surface area contributed by atoms with Crippen molar-refractivity contribution in [3.05, 3.63) is 69.9 Å². The molecule has 0 fully saturated rings. The summed E-state index contributed by atoms with van der Waals surface area (Å²) in [6.07, 6.45) is 2.72. The maximum absolute atomic E-state index is 12.7. The Morgan fingerprint density at radius 1 is 1.39 bits per heavy atom. The van der Waals surface area contributed by atoms with Crippen molar-refractivity contribution in [1.29, 1.82) is 0 Å². The highest BCUT2D eigenvalue weighted by molar-refractivity contribution is 7.10. The van der Waals surface area contributed by atoms with E-state index < -0.39 is 0 Å². The number of aryl methyl sites for hydroxylation is 1. The summed E-state index contributed by atoms with van der Waals surface area (Å²) in [6.45, 7) is 7.55. The fourth-order valence-electron chi connectivity index (χ4n) is 3.08. The highest BCUT2D eigenvalue weighted by Gasteiger charge is 2.32. The number of rotatable bonds is 5. The van der Waals surface area contributed by atoms with Crippen LogP contribution in [0.15, 0.2) is 48.4 Å². The molecule has 0 saturated heterocycles. The predicted molar refractivity (Wildman–Crippen MR) is 95.8 cm³/mol. The van der Waals surface area contributed by atoms with Crippen molar-refractivity contribution in [2.24, 2.45) is 0 Å². The third-order valence-corrected chi connectivity index (χ3v) is 5.24. The Labute approximate surface area is 141 Å². The predicted octanol–water partition coefficient (Wildman–Crippen LogP) is 3.31. The van der Waals surface area contributed by atoms with Crippen molar-refractivity contribution in [3.63, 3.8) is 0 Å². The molecule has 1 aliphatic heterocycles. The molecule has 4 heteroatoms. The molecule has 2 heterocycles. The number of nitrogens with zero attached hydrogens (tertiary/aromatic N) is 1. The first kappa shape index (κ1) is 16.0. The summed E-state index contributed by atoms with van der Waals surface area (Å²) in [5.41, 5.74) is 3.70. The molecule has 0 radical (unpaired) electrons. The highest BCUT2D eigenvalue weighted by atomic mass is 32.1. The van der Waals surface area contributed by atoms with E-state index in [1.165, 1.54) is 21.6 Å². The highest BCUT2D eigenvalue weighted by Crippen LogP contribution is 2.37. The van der Waals surface area contributed by atoms with Gasteiger partial charge in [-0.3, -0.25) is 4.79 Å². The van der Waals surface area contributed by atoms with Gasteiger partial charge < -0.3 is 10.2 Å². The second-order valence-electron chi connectivity index (χ2n) is 5.87. The average Bonchev–Trinajstić information content (AvgIpc) is 3.03. The smallest absolute Gasteiger partial charge is 0.237 e. The summed E-state index contributed by atoms with van der Waals surface area (Å²) in [6, 6.07) is 10.7. The number of nitrogens with one attached hydrogen (secondary N) is 1. The third-order valence-electron chi connectivity index (χ3n) is 4.24. The second-order valence-corrected chi connectivity index (χ2v) is 6.87. The molecule has 1 atom stereocenters. The standard InChI is InChI=1S/C19H22N2OS/c1-3-10-20-13-18(22)21-11-8-17-16(9-12-23-17)19(21)15-6-4-14(2)5-7-15/h3-7,9,12,19-20H,1,8,10-11,13H2,2H3/t19-/m0/s1. The van der Waals surface area contributed by atoms with Gasteiger partial charge in [-0.2, -0.15) is 0 Å². The summed E-state index contributed by atoms with van der Waals surface area (Å²) in [7, 11) is 0. The number of hydrogen-bond acceptors (Lipinski definition) is 3. The van der Waals surface area contributed by atoms with E-state index >= 15 is 0 Å². The van der Waals surface area contributed by atoms with Gasteiger partial charge in [0, 0.05) is 18.0 Å². The Hall–Kier alpha value is -1.91. The molecule has 3 nitrogen and oxygen atoms in total. The molecule has 1 amide bonds. The molecule has 120 valence electrons. The fourth-order valence-corrected chi connectivity index (χ4v) is 3.98. The van der Waals surface area contributed by atoms with Gasteiger partial charge in [-0.05, 0) is 35.9 Å². The van der Waals surface area contributed by atoms with Gasteiger partial charge in [0.2, 0.25) is 5.91 Å². The molecule has 0 unspecified atom stereocenters. The van der Waals surface area contributed by atoms with Gasteiger partial charge in [-0.15, -0.1) is 17.9 Å². The lowest BCUT2D eigenvalue weighted by atomic mass is 9.92. The topological polar surface area (TPSA) is 32.3 Å². The lowest BCUT2D eigenvalue weighted by Gasteiger charge is -2.36. The van der Waals surface area contributed by atoms with Crippen molar-refractivity contribution in [2.45, 2.75) is 19.4 Å². The van der Waals surface area contributed by atoms with Crippen molar-refractivity contribution in [2.75, 3.05) is 19.6 Å². The van der Waals surface area contributed by atoms with Crippen LogP contribution in [0.5, 0.6) is 0 Å². The quantitative estimate of drug-likeness (QED) is 0.675. The summed E-state index contributed by atoms with van der Waals surface area (Å²) in [5.74, 6) is 0.147. The van der Waals surface area contributed by atoms with Crippen LogP contribution in [0, 0.1) is 6.92 Å². The van der Waals surface area contributed by atoms with E-state index in [0.29, 0.717) is 13.1 Å². The van der Waals surface area contributed by atoms with Gasteiger partial charge in [0.25, 0.3) is 0 Å². The molecule has 3 rings (SSSR count). The molecule has 1 N–H and O–H groups in total. The van der Waals surface area contributed by atoms with Gasteiger partial charge >= 0.3 is 0 Å². The number of fused-ring (bicyclic) bond motifs is 1. The second kappa shape index (κ2) is 7.11. The zero-order valence-corrected chi connectivity index (χ0v) is 14.2. The van der Waals surface area contributed by atoms with E-state index in [1.54, 1.807) is 17.4 Å². The maximum atomic E-state index is 12.7. The van der Waals surface area contributed by atoms with Crippen LogP contribution in [-0.4, -0.2) is 30.4 Å². The fraction of sp³-hybridized carbons (Fsp3) is 0.316. The monoisotopic (exact) mass is 326 g/mol. The minimum Gasteiger partial charge on any atom is -0.330 e. The Bertz CT molecular complexity index is 690. The summed E-state index contributed by atoms with van der Waals surface area (Å²) in [5, 5.41) is 5.26. The average molecular weight is 326 g/mol. The third kappa shape index (κ3) is 3.38. The molecule has 0 bridgehead atoms. The Balaban J connectivity index is 1.90. The summed E-state index contributed by atoms with van der Waals surface area (Å²) < 4.78 is 0. The van der Waals surface area contributed by atoms with Crippen LogP contribution in [-0.2, 0) is 11.2 Å². The molecule has 0 saturated carbocycles. The van der Waals surface area contributed by atoms with Gasteiger partial charge in [0.15, 0.2) is 0 Å². The van der Waals surface area contributed by atoms with Crippen molar-refractivity contribution in [3.8, 4) is 0 Å². The first-order chi connectivity index (χ1) is 11.2. The van der Waals surface area contributed by atoms with Crippen molar-refractivity contribution in [1.82, 2.24) is 10.2 Å². The van der Waals surface area contributed by atoms with Crippen molar-refractivity contribution >= 4 is 17.2 Å². The number of carbonyl (C=O) groups excluding carboxylic acids is 1. The molecule has 1 aliphatic rings. The Kier molecular flexibility index (Phi) is 4.94. The van der Waals surface area contributed by atoms with E-state index in [9.17, 15) is 4.79 Å². The lowest BCUT2D eigenvalue weighted by molar-refractivity contribution is -0.132. The molecule has 0 spiro atoms. The summed E-state index contributed by atoms with van der Waals surface area (Å²) in [4.78, 5) is 16.1. The number of amides is 1.